The van der Waals surface area contributed by atoms with E-state index in [4.69, 9.17) is 4.42 Å². The van der Waals surface area contributed by atoms with Crippen molar-refractivity contribution in [1.82, 2.24) is 4.57 Å². The Labute approximate surface area is 118 Å². The third kappa shape index (κ3) is 2.83. The van der Waals surface area contributed by atoms with Crippen LogP contribution in [0.1, 0.15) is 22.0 Å². The second-order valence-electron chi connectivity index (χ2n) is 4.27. The maximum atomic E-state index is 12.0. The van der Waals surface area contributed by atoms with E-state index in [0.29, 0.717) is 11.5 Å². The fraction of sp³-hybridized carbons (Fsp3) is 0.231. The first-order valence-corrected chi connectivity index (χ1v) is 5.96. The Hall–Kier alpha value is -2.90. The Bertz CT molecular complexity index is 758. The van der Waals surface area contributed by atoms with Crippen LogP contribution in [0.4, 0.5) is 5.69 Å². The van der Waals surface area contributed by atoms with Gasteiger partial charge in [-0.2, -0.15) is 0 Å². The average molecular weight is 292 g/mol. The lowest BCUT2D eigenvalue weighted by atomic mass is 10.3. The highest BCUT2D eigenvalue weighted by atomic mass is 16.6. The van der Waals surface area contributed by atoms with E-state index in [1.54, 1.807) is 6.92 Å². The third-order valence-electron chi connectivity index (χ3n) is 2.93. The van der Waals surface area contributed by atoms with Crippen LogP contribution in [0, 0.1) is 17.0 Å². The van der Waals surface area contributed by atoms with Crippen molar-refractivity contribution in [2.45, 2.75) is 13.5 Å². The highest BCUT2D eigenvalue weighted by Gasteiger charge is 2.17. The number of carbonyl (C=O) groups excluding carboxylic acids is 1. The number of pyridine rings is 1. The minimum absolute atomic E-state index is 0.00336. The zero-order valence-corrected chi connectivity index (χ0v) is 11.4. The molecule has 8 nitrogen and oxygen atoms in total. The zero-order valence-electron chi connectivity index (χ0n) is 11.4. The minimum atomic E-state index is -0.736. The minimum Gasteiger partial charge on any atom is -0.463 e. The number of hydrogen-bond donors (Lipinski definition) is 0. The van der Waals surface area contributed by atoms with Crippen molar-refractivity contribution in [2.24, 2.45) is 0 Å². The third-order valence-corrected chi connectivity index (χ3v) is 2.93. The van der Waals surface area contributed by atoms with Crippen LogP contribution in [0.3, 0.4) is 0 Å². The maximum absolute atomic E-state index is 12.0. The molecule has 0 unspecified atom stereocenters. The van der Waals surface area contributed by atoms with Gasteiger partial charge in [0.15, 0.2) is 0 Å². The molecule has 0 fully saturated rings. The molecular formula is C13H12N2O6. The van der Waals surface area contributed by atoms with Crippen molar-refractivity contribution < 1.29 is 18.9 Å². The summed E-state index contributed by atoms with van der Waals surface area (Å²) in [6.07, 6.45) is 0. The molecule has 0 atom stereocenters. The molecule has 0 saturated carbocycles. The van der Waals surface area contributed by atoms with Crippen LogP contribution in [-0.4, -0.2) is 22.6 Å². The molecule has 0 aliphatic carbocycles. The van der Waals surface area contributed by atoms with E-state index in [1.165, 1.54) is 29.9 Å². The van der Waals surface area contributed by atoms with Gasteiger partial charge in [0.2, 0.25) is 5.76 Å². The second-order valence-corrected chi connectivity index (χ2v) is 4.27. The Morgan fingerprint density at radius 2 is 2.10 bits per heavy atom. The first-order valence-electron chi connectivity index (χ1n) is 5.96. The lowest BCUT2D eigenvalue weighted by Crippen LogP contribution is -2.24. The highest BCUT2D eigenvalue weighted by Crippen LogP contribution is 2.12. The smallest absolute Gasteiger partial charge is 0.373 e. The van der Waals surface area contributed by atoms with Gasteiger partial charge in [0.1, 0.15) is 5.76 Å². The van der Waals surface area contributed by atoms with E-state index in [1.807, 2.05) is 0 Å². The van der Waals surface area contributed by atoms with Gasteiger partial charge in [0, 0.05) is 11.8 Å². The standard InChI is InChI=1S/C13H12N2O6/c1-8-3-5-10(15(18)19)12(16)14(8)7-9-4-6-11(21-9)13(17)20-2/h3-6H,7H2,1-2H3. The van der Waals surface area contributed by atoms with Gasteiger partial charge in [0.05, 0.1) is 18.6 Å². The van der Waals surface area contributed by atoms with Gasteiger partial charge in [0.25, 0.3) is 0 Å². The van der Waals surface area contributed by atoms with Gasteiger partial charge >= 0.3 is 17.2 Å². The molecule has 2 heterocycles. The lowest BCUT2D eigenvalue weighted by molar-refractivity contribution is -0.386. The molecule has 110 valence electrons. The molecule has 0 radical (unpaired) electrons. The first kappa shape index (κ1) is 14.5. The first-order chi connectivity index (χ1) is 9.93. The summed E-state index contributed by atoms with van der Waals surface area (Å²) in [6.45, 7) is 1.64. The van der Waals surface area contributed by atoms with Gasteiger partial charge in [-0.25, -0.2) is 4.79 Å². The quantitative estimate of drug-likeness (QED) is 0.480. The van der Waals surface area contributed by atoms with Crippen molar-refractivity contribution in [2.75, 3.05) is 7.11 Å². The Kier molecular flexibility index (Phi) is 3.88. The van der Waals surface area contributed by atoms with E-state index >= 15 is 0 Å². The molecule has 2 rings (SSSR count). The molecule has 0 spiro atoms. The molecule has 8 heteroatoms. The van der Waals surface area contributed by atoms with Gasteiger partial charge in [-0.05, 0) is 25.1 Å². The molecule has 0 aliphatic rings. The monoisotopic (exact) mass is 292 g/mol. The van der Waals surface area contributed by atoms with Gasteiger partial charge in [-0.1, -0.05) is 0 Å². The summed E-state index contributed by atoms with van der Waals surface area (Å²) >= 11 is 0. The molecule has 0 saturated heterocycles. The Morgan fingerprint density at radius 3 is 2.71 bits per heavy atom. The Balaban J connectivity index is 2.38. The topological polar surface area (TPSA) is 105 Å². The molecular weight excluding hydrogens is 280 g/mol. The summed E-state index contributed by atoms with van der Waals surface area (Å²) in [6, 6.07) is 5.57. The normalized spacial score (nSPS) is 10.4. The van der Waals surface area contributed by atoms with Gasteiger partial charge in [-0.3, -0.25) is 19.5 Å². The van der Waals surface area contributed by atoms with Crippen LogP contribution in [0.25, 0.3) is 0 Å². The molecule has 2 aromatic rings. The number of ether oxygens (including phenoxy) is 1. The number of furan rings is 1. The Morgan fingerprint density at radius 1 is 1.38 bits per heavy atom. The zero-order chi connectivity index (χ0) is 15.6. The predicted octanol–water partition coefficient (Wildman–Crippen LogP) is 1.49. The number of methoxy groups -OCH3 is 1. The van der Waals surface area contributed by atoms with E-state index in [2.05, 4.69) is 4.74 Å². The summed E-state index contributed by atoms with van der Waals surface area (Å²) in [5.41, 5.74) is -0.696. The largest absolute Gasteiger partial charge is 0.463 e. The molecule has 0 N–H and O–H groups in total. The fourth-order valence-corrected chi connectivity index (χ4v) is 1.82. The van der Waals surface area contributed by atoms with Crippen LogP contribution < -0.4 is 5.56 Å². The summed E-state index contributed by atoms with van der Waals surface area (Å²) in [5, 5.41) is 10.8. The van der Waals surface area contributed by atoms with Crippen LogP contribution >= 0.6 is 0 Å². The molecule has 0 amide bonds. The maximum Gasteiger partial charge on any atom is 0.373 e. The number of carbonyl (C=O) groups is 1. The number of hydrogen-bond acceptors (Lipinski definition) is 6. The van der Waals surface area contributed by atoms with Gasteiger partial charge < -0.3 is 9.15 Å². The lowest BCUT2D eigenvalue weighted by Gasteiger charge is -2.07. The van der Waals surface area contributed by atoms with Gasteiger partial charge in [-0.15, -0.1) is 0 Å². The summed E-state index contributed by atoms with van der Waals surface area (Å²) in [7, 11) is 1.22. The molecule has 0 aromatic carbocycles. The number of esters is 1. The summed E-state index contributed by atoms with van der Waals surface area (Å²) in [4.78, 5) is 33.3. The van der Waals surface area contributed by atoms with E-state index in [-0.39, 0.29) is 12.3 Å². The van der Waals surface area contributed by atoms with Crippen LogP contribution in [0.5, 0.6) is 0 Å². The van der Waals surface area contributed by atoms with Crippen molar-refractivity contribution in [3.8, 4) is 0 Å². The number of aromatic nitrogens is 1. The van der Waals surface area contributed by atoms with E-state index in [0.717, 1.165) is 6.07 Å². The molecule has 0 bridgehead atoms. The molecule has 0 aliphatic heterocycles. The van der Waals surface area contributed by atoms with E-state index in [9.17, 15) is 19.7 Å². The predicted molar refractivity (Wildman–Crippen MR) is 71.2 cm³/mol. The van der Waals surface area contributed by atoms with Crippen molar-refractivity contribution in [1.29, 1.82) is 0 Å². The SMILES string of the molecule is COC(=O)c1ccc(Cn2c(C)ccc([N+](=O)[O-])c2=O)o1. The van der Waals surface area contributed by atoms with Crippen molar-refractivity contribution >= 4 is 11.7 Å². The molecule has 21 heavy (non-hydrogen) atoms. The van der Waals surface area contributed by atoms with Crippen LogP contribution in [-0.2, 0) is 11.3 Å². The van der Waals surface area contributed by atoms with Crippen molar-refractivity contribution in [3.63, 3.8) is 0 Å². The van der Waals surface area contributed by atoms with E-state index < -0.39 is 22.1 Å². The number of nitrogens with zero attached hydrogens (tertiary/aromatic N) is 2. The highest BCUT2D eigenvalue weighted by molar-refractivity contribution is 5.86. The fourth-order valence-electron chi connectivity index (χ4n) is 1.82. The summed E-state index contributed by atoms with van der Waals surface area (Å²) in [5.74, 6) is -0.311. The van der Waals surface area contributed by atoms with Crippen LogP contribution in [0.15, 0.2) is 33.5 Å². The number of nitro groups is 1. The summed E-state index contributed by atoms with van der Waals surface area (Å²) < 4.78 is 11.0. The average Bonchev–Trinajstić information content (AvgIpc) is 2.90. The molecule has 2 aromatic heterocycles. The number of aryl methyl sites for hydroxylation is 1. The van der Waals surface area contributed by atoms with Crippen molar-refractivity contribution in [3.05, 3.63) is 61.9 Å². The second kappa shape index (κ2) is 5.61. The number of rotatable bonds is 4. The van der Waals surface area contributed by atoms with Crippen LogP contribution in [0.2, 0.25) is 0 Å².